The lowest BCUT2D eigenvalue weighted by Gasteiger charge is -2.38. The van der Waals surface area contributed by atoms with Crippen LogP contribution in [0.3, 0.4) is 0 Å². The molecule has 0 saturated heterocycles. The van der Waals surface area contributed by atoms with Crippen molar-refractivity contribution in [1.29, 1.82) is 0 Å². The second-order valence-electron chi connectivity index (χ2n) is 11.3. The van der Waals surface area contributed by atoms with Crippen LogP contribution in [-0.2, 0) is 26.0 Å². The molecule has 0 aromatic heterocycles. The van der Waals surface area contributed by atoms with Gasteiger partial charge in [-0.25, -0.2) is 13.6 Å². The number of allylic oxidation sites excluding steroid dienone is 1. The van der Waals surface area contributed by atoms with Crippen molar-refractivity contribution >= 4 is 44.7 Å². The van der Waals surface area contributed by atoms with Crippen molar-refractivity contribution in [2.45, 2.75) is 44.0 Å². The van der Waals surface area contributed by atoms with Gasteiger partial charge >= 0.3 is 0 Å². The average Bonchev–Trinajstić information content (AvgIpc) is 3.02. The number of fused-ring (bicyclic) bond motifs is 1. The number of sulfonamides is 1. The lowest BCUT2D eigenvalue weighted by atomic mass is 9.73. The van der Waals surface area contributed by atoms with Crippen molar-refractivity contribution in [1.82, 2.24) is 5.32 Å². The number of hydrogen-bond acceptors (Lipinski definition) is 6. The molecule has 3 aromatic carbocycles. The summed E-state index contributed by atoms with van der Waals surface area (Å²) < 4.78 is 23.0. The zero-order valence-corrected chi connectivity index (χ0v) is 24.6. The van der Waals surface area contributed by atoms with Crippen LogP contribution in [0, 0.1) is 5.41 Å². The number of anilines is 2. The summed E-state index contributed by atoms with van der Waals surface area (Å²) in [7, 11) is -3.77. The maximum atomic E-state index is 13.8. The lowest BCUT2D eigenvalue weighted by Crippen LogP contribution is -2.42. The second-order valence-corrected chi connectivity index (χ2v) is 13.3. The molecule has 1 amide bonds. The van der Waals surface area contributed by atoms with Crippen molar-refractivity contribution in [2.75, 3.05) is 23.3 Å². The van der Waals surface area contributed by atoms with Crippen LogP contribution in [0.4, 0.5) is 11.4 Å². The molecule has 0 radical (unpaired) electrons. The van der Waals surface area contributed by atoms with E-state index in [0.29, 0.717) is 36.4 Å². The fraction of sp³-hybridized carbons (Fsp3) is 0.290. The number of primary sulfonamides is 1. The van der Waals surface area contributed by atoms with Crippen LogP contribution >= 0.6 is 11.6 Å². The monoisotopic (exact) mass is 592 g/mol. The topological polar surface area (TPSA) is 122 Å². The molecule has 0 bridgehead atoms. The van der Waals surface area contributed by atoms with E-state index in [2.05, 4.69) is 24.5 Å². The molecule has 3 aromatic rings. The van der Waals surface area contributed by atoms with E-state index in [1.165, 1.54) is 12.1 Å². The van der Waals surface area contributed by atoms with Gasteiger partial charge in [-0.1, -0.05) is 67.9 Å². The number of nitrogens with zero attached hydrogens (tertiary/aromatic N) is 1. The minimum atomic E-state index is -3.77. The van der Waals surface area contributed by atoms with Gasteiger partial charge in [-0.2, -0.15) is 0 Å². The number of carbonyl (C=O) groups excluding carboxylic acids is 2. The first-order chi connectivity index (χ1) is 19.4. The molecule has 1 unspecified atom stereocenters. The standard InChI is InChI=1S/C31H33ClN4O4S/c1-31(2)17-25-29(27(37)18-31)30(22-7-3-4-8-23(22)32)36(26-10-6-5-9-24(26)35-25)19-28(38)34-16-15-20-11-13-21(14-12-20)41(33,39)40/h3-14,30,35H,15-19H2,1-2H3,(H,34,38)(H2,33,39,40). The highest BCUT2D eigenvalue weighted by Gasteiger charge is 2.42. The van der Waals surface area contributed by atoms with Gasteiger partial charge in [-0.15, -0.1) is 0 Å². The summed E-state index contributed by atoms with van der Waals surface area (Å²) in [6.07, 6.45) is 1.59. The van der Waals surface area contributed by atoms with E-state index in [9.17, 15) is 18.0 Å². The number of Topliss-reactive ketones (excluding diaryl/α,β-unsaturated/α-hetero) is 1. The molecule has 1 aliphatic heterocycles. The van der Waals surface area contributed by atoms with Crippen LogP contribution in [0.25, 0.3) is 0 Å². The van der Waals surface area contributed by atoms with Crippen molar-refractivity contribution in [3.8, 4) is 0 Å². The third kappa shape index (κ3) is 6.32. The molecule has 1 atom stereocenters. The van der Waals surface area contributed by atoms with Crippen LogP contribution in [0.15, 0.2) is 89.0 Å². The van der Waals surface area contributed by atoms with Crippen molar-refractivity contribution in [3.63, 3.8) is 0 Å². The Balaban J connectivity index is 1.45. The van der Waals surface area contributed by atoms with Crippen LogP contribution in [0.5, 0.6) is 0 Å². The lowest BCUT2D eigenvalue weighted by molar-refractivity contribution is -0.120. The number of ketones is 1. The van der Waals surface area contributed by atoms with Gasteiger partial charge in [0, 0.05) is 29.3 Å². The van der Waals surface area contributed by atoms with E-state index >= 15 is 0 Å². The molecular weight excluding hydrogens is 560 g/mol. The summed E-state index contributed by atoms with van der Waals surface area (Å²) >= 11 is 6.74. The van der Waals surface area contributed by atoms with Crippen molar-refractivity contribution < 1.29 is 18.0 Å². The van der Waals surface area contributed by atoms with Gasteiger partial charge in [0.05, 0.1) is 28.9 Å². The summed E-state index contributed by atoms with van der Waals surface area (Å²) in [6, 6.07) is 20.9. The van der Waals surface area contributed by atoms with Gasteiger partial charge in [0.15, 0.2) is 5.78 Å². The maximum absolute atomic E-state index is 13.8. The van der Waals surface area contributed by atoms with Gasteiger partial charge in [-0.05, 0) is 59.7 Å². The van der Waals surface area contributed by atoms with E-state index in [-0.39, 0.29) is 28.5 Å². The molecule has 214 valence electrons. The van der Waals surface area contributed by atoms with Gasteiger partial charge in [-0.3, -0.25) is 9.59 Å². The van der Waals surface area contributed by atoms with Gasteiger partial charge in [0.2, 0.25) is 15.9 Å². The smallest absolute Gasteiger partial charge is 0.239 e. The van der Waals surface area contributed by atoms with E-state index in [4.69, 9.17) is 16.7 Å². The number of benzene rings is 3. The zero-order valence-electron chi connectivity index (χ0n) is 23.0. The van der Waals surface area contributed by atoms with E-state index in [1.807, 2.05) is 47.4 Å². The highest BCUT2D eigenvalue weighted by atomic mass is 35.5. The molecule has 1 aliphatic carbocycles. The second kappa shape index (κ2) is 11.3. The summed E-state index contributed by atoms with van der Waals surface area (Å²) in [4.78, 5) is 29.2. The molecule has 0 spiro atoms. The predicted molar refractivity (Wildman–Crippen MR) is 161 cm³/mol. The van der Waals surface area contributed by atoms with E-state index in [0.717, 1.165) is 28.2 Å². The normalized spacial score (nSPS) is 18.2. The zero-order chi connectivity index (χ0) is 29.4. The Morgan fingerprint density at radius 1 is 1.05 bits per heavy atom. The Hall–Kier alpha value is -3.66. The summed E-state index contributed by atoms with van der Waals surface area (Å²) in [5.74, 6) is -0.180. The number of carbonyl (C=O) groups is 2. The Morgan fingerprint density at radius 3 is 2.44 bits per heavy atom. The SMILES string of the molecule is CC1(C)CC(=O)C2=C(C1)Nc1ccccc1N(CC(=O)NCCc1ccc(S(N)(=O)=O)cc1)C2c1ccccc1Cl. The van der Waals surface area contributed by atoms with Crippen LogP contribution in [0.2, 0.25) is 5.02 Å². The number of amides is 1. The largest absolute Gasteiger partial charge is 0.357 e. The maximum Gasteiger partial charge on any atom is 0.239 e. The highest BCUT2D eigenvalue weighted by Crippen LogP contribution is 2.49. The van der Waals surface area contributed by atoms with Gasteiger partial charge in [0.25, 0.3) is 0 Å². The summed E-state index contributed by atoms with van der Waals surface area (Å²) in [5, 5.41) is 12.2. The van der Waals surface area contributed by atoms with Crippen molar-refractivity contribution in [3.05, 3.63) is 100 Å². The van der Waals surface area contributed by atoms with Crippen molar-refractivity contribution in [2.24, 2.45) is 10.6 Å². The number of nitrogens with two attached hydrogens (primary N) is 1. The molecule has 1 heterocycles. The summed E-state index contributed by atoms with van der Waals surface area (Å²) in [6.45, 7) is 4.52. The first-order valence-corrected chi connectivity index (χ1v) is 15.4. The molecule has 2 aliphatic rings. The molecule has 0 saturated carbocycles. The minimum Gasteiger partial charge on any atom is -0.357 e. The predicted octanol–water partition coefficient (Wildman–Crippen LogP) is 4.96. The van der Waals surface area contributed by atoms with Crippen LogP contribution in [0.1, 0.15) is 43.9 Å². The van der Waals surface area contributed by atoms with E-state index in [1.54, 1.807) is 18.2 Å². The molecule has 4 N–H and O–H groups in total. The average molecular weight is 593 g/mol. The number of halogens is 1. The fourth-order valence-corrected chi connectivity index (χ4v) is 6.40. The minimum absolute atomic E-state index is 0.00755. The highest BCUT2D eigenvalue weighted by molar-refractivity contribution is 7.89. The Labute approximate surface area is 245 Å². The first-order valence-electron chi connectivity index (χ1n) is 13.4. The number of rotatable bonds is 7. The third-order valence-electron chi connectivity index (χ3n) is 7.51. The van der Waals surface area contributed by atoms with Gasteiger partial charge in [0.1, 0.15) is 0 Å². The quantitative estimate of drug-likeness (QED) is 0.356. The number of para-hydroxylation sites is 2. The number of nitrogens with one attached hydrogen (secondary N) is 2. The van der Waals surface area contributed by atoms with Crippen LogP contribution < -0.4 is 20.7 Å². The molecule has 0 fully saturated rings. The Kier molecular flexibility index (Phi) is 7.96. The summed E-state index contributed by atoms with van der Waals surface area (Å²) in [5.41, 5.74) is 4.53. The molecule has 8 nitrogen and oxygen atoms in total. The van der Waals surface area contributed by atoms with Crippen LogP contribution in [-0.4, -0.2) is 33.2 Å². The fourth-order valence-electron chi connectivity index (χ4n) is 5.65. The first kappa shape index (κ1) is 28.9. The molecular formula is C31H33ClN4O4S. The molecule has 10 heteroatoms. The van der Waals surface area contributed by atoms with Gasteiger partial charge < -0.3 is 15.5 Å². The number of hydrogen-bond donors (Lipinski definition) is 3. The van der Waals surface area contributed by atoms with E-state index < -0.39 is 16.1 Å². The Bertz CT molecular complexity index is 1630. The molecule has 41 heavy (non-hydrogen) atoms. The molecule has 5 rings (SSSR count). The Morgan fingerprint density at radius 2 is 1.73 bits per heavy atom. The third-order valence-corrected chi connectivity index (χ3v) is 8.78.